The zero-order chi connectivity index (χ0) is 8.93. The third-order valence-corrected chi connectivity index (χ3v) is 2.83. The molecule has 0 aromatic carbocycles. The van der Waals surface area contributed by atoms with Gasteiger partial charge < -0.3 is 5.32 Å². The van der Waals surface area contributed by atoms with Gasteiger partial charge in [0, 0.05) is 19.6 Å². The SMILES string of the molecule is C(=C\C1CC1)/CN1CCCNCC1. The highest BCUT2D eigenvalue weighted by molar-refractivity contribution is 4.97. The Kier molecular flexibility index (Phi) is 3.39. The van der Waals surface area contributed by atoms with Crippen LogP contribution in [-0.2, 0) is 0 Å². The van der Waals surface area contributed by atoms with Gasteiger partial charge in [0.15, 0.2) is 0 Å². The standard InChI is InChI=1S/C11H20N2/c1(3-11-4-5-11)8-13-9-2-6-12-7-10-13/h1,3,11-12H,2,4-10H2/b3-1+. The molecule has 13 heavy (non-hydrogen) atoms. The predicted octanol–water partition coefficient (Wildman–Crippen LogP) is 1.25. The van der Waals surface area contributed by atoms with Gasteiger partial charge in [0.05, 0.1) is 0 Å². The maximum Gasteiger partial charge on any atom is 0.0163 e. The van der Waals surface area contributed by atoms with Crippen molar-refractivity contribution in [3.05, 3.63) is 12.2 Å². The van der Waals surface area contributed by atoms with Crippen molar-refractivity contribution in [2.75, 3.05) is 32.7 Å². The predicted molar refractivity (Wildman–Crippen MR) is 55.8 cm³/mol. The lowest BCUT2D eigenvalue weighted by atomic mass is 10.3. The molecule has 0 aromatic rings. The molecule has 2 rings (SSSR count). The Labute approximate surface area is 81.0 Å². The van der Waals surface area contributed by atoms with Crippen molar-refractivity contribution in [1.29, 1.82) is 0 Å². The highest BCUT2D eigenvalue weighted by atomic mass is 15.1. The molecule has 0 atom stereocenters. The summed E-state index contributed by atoms with van der Waals surface area (Å²) in [5.74, 6) is 0.935. The van der Waals surface area contributed by atoms with E-state index in [9.17, 15) is 0 Å². The summed E-state index contributed by atoms with van der Waals surface area (Å²) < 4.78 is 0. The molecule has 0 aromatic heterocycles. The van der Waals surface area contributed by atoms with Crippen LogP contribution in [0.3, 0.4) is 0 Å². The Bertz CT molecular complexity index is 165. The number of nitrogens with one attached hydrogen (secondary N) is 1. The molecule has 1 heterocycles. The van der Waals surface area contributed by atoms with Crippen LogP contribution in [0.1, 0.15) is 19.3 Å². The first-order valence-corrected chi connectivity index (χ1v) is 5.55. The van der Waals surface area contributed by atoms with Crippen molar-refractivity contribution < 1.29 is 0 Å². The molecule has 1 saturated carbocycles. The molecule has 1 saturated heterocycles. The average molecular weight is 180 g/mol. The van der Waals surface area contributed by atoms with Crippen LogP contribution < -0.4 is 5.32 Å². The Balaban J connectivity index is 1.66. The first kappa shape index (κ1) is 9.22. The molecule has 2 aliphatic rings. The van der Waals surface area contributed by atoms with Crippen LogP contribution in [0.5, 0.6) is 0 Å². The van der Waals surface area contributed by atoms with Crippen molar-refractivity contribution in [2.45, 2.75) is 19.3 Å². The van der Waals surface area contributed by atoms with E-state index in [1.54, 1.807) is 0 Å². The third kappa shape index (κ3) is 3.49. The summed E-state index contributed by atoms with van der Waals surface area (Å²) >= 11 is 0. The van der Waals surface area contributed by atoms with Crippen molar-refractivity contribution in [3.8, 4) is 0 Å². The zero-order valence-electron chi connectivity index (χ0n) is 8.34. The van der Waals surface area contributed by atoms with Gasteiger partial charge in [0.2, 0.25) is 0 Å². The minimum absolute atomic E-state index is 0.935. The average Bonchev–Trinajstić information content (AvgIpc) is 2.91. The summed E-state index contributed by atoms with van der Waals surface area (Å²) in [5.41, 5.74) is 0. The van der Waals surface area contributed by atoms with Crippen molar-refractivity contribution in [2.24, 2.45) is 5.92 Å². The molecule has 0 amide bonds. The number of nitrogens with zero attached hydrogens (tertiary/aromatic N) is 1. The van der Waals surface area contributed by atoms with E-state index in [0.717, 1.165) is 19.0 Å². The minimum atomic E-state index is 0.935. The van der Waals surface area contributed by atoms with Crippen LogP contribution in [0.4, 0.5) is 0 Å². The lowest BCUT2D eigenvalue weighted by Gasteiger charge is -2.16. The fraction of sp³-hybridized carbons (Fsp3) is 0.818. The maximum absolute atomic E-state index is 3.42. The molecule has 0 unspecified atom stereocenters. The molecule has 1 aliphatic carbocycles. The number of allylic oxidation sites excluding steroid dienone is 1. The quantitative estimate of drug-likeness (QED) is 0.658. The van der Waals surface area contributed by atoms with E-state index in [4.69, 9.17) is 0 Å². The topological polar surface area (TPSA) is 15.3 Å². The molecule has 0 radical (unpaired) electrons. The van der Waals surface area contributed by atoms with Gasteiger partial charge in [-0.05, 0) is 38.3 Å². The molecular formula is C11H20N2. The molecule has 2 nitrogen and oxygen atoms in total. The van der Waals surface area contributed by atoms with Gasteiger partial charge in [-0.1, -0.05) is 12.2 Å². The van der Waals surface area contributed by atoms with Crippen LogP contribution in [0, 0.1) is 5.92 Å². The zero-order valence-corrected chi connectivity index (χ0v) is 8.34. The van der Waals surface area contributed by atoms with E-state index in [1.165, 1.54) is 38.9 Å². The smallest absolute Gasteiger partial charge is 0.0163 e. The van der Waals surface area contributed by atoms with Gasteiger partial charge in [0.1, 0.15) is 0 Å². The van der Waals surface area contributed by atoms with Gasteiger partial charge >= 0.3 is 0 Å². The van der Waals surface area contributed by atoms with Crippen LogP contribution in [0.2, 0.25) is 0 Å². The highest BCUT2D eigenvalue weighted by Gasteiger charge is 2.17. The molecule has 0 spiro atoms. The van der Waals surface area contributed by atoms with Crippen LogP contribution in [0.15, 0.2) is 12.2 Å². The summed E-state index contributed by atoms with van der Waals surface area (Å²) in [6.45, 7) is 6.01. The second-order valence-corrected chi connectivity index (χ2v) is 4.17. The van der Waals surface area contributed by atoms with Crippen LogP contribution in [-0.4, -0.2) is 37.6 Å². The van der Waals surface area contributed by atoms with Gasteiger partial charge in [-0.25, -0.2) is 0 Å². The number of rotatable bonds is 3. The van der Waals surface area contributed by atoms with E-state index in [0.29, 0.717) is 0 Å². The van der Waals surface area contributed by atoms with Crippen molar-refractivity contribution in [1.82, 2.24) is 10.2 Å². The first-order chi connectivity index (χ1) is 6.45. The second-order valence-electron chi connectivity index (χ2n) is 4.17. The number of hydrogen-bond acceptors (Lipinski definition) is 2. The third-order valence-electron chi connectivity index (χ3n) is 2.83. The van der Waals surface area contributed by atoms with E-state index in [-0.39, 0.29) is 0 Å². The summed E-state index contributed by atoms with van der Waals surface area (Å²) in [7, 11) is 0. The van der Waals surface area contributed by atoms with E-state index < -0.39 is 0 Å². The van der Waals surface area contributed by atoms with E-state index in [1.807, 2.05) is 0 Å². The van der Waals surface area contributed by atoms with Crippen LogP contribution in [0.25, 0.3) is 0 Å². The summed E-state index contributed by atoms with van der Waals surface area (Å²) in [5, 5.41) is 3.42. The van der Waals surface area contributed by atoms with Gasteiger partial charge in [-0.2, -0.15) is 0 Å². The van der Waals surface area contributed by atoms with Gasteiger partial charge in [0.25, 0.3) is 0 Å². The minimum Gasteiger partial charge on any atom is -0.315 e. The molecule has 0 bridgehead atoms. The summed E-state index contributed by atoms with van der Waals surface area (Å²) in [4.78, 5) is 2.54. The first-order valence-electron chi connectivity index (χ1n) is 5.55. The monoisotopic (exact) mass is 180 g/mol. The molecule has 1 aliphatic heterocycles. The Morgan fingerprint density at radius 3 is 3.00 bits per heavy atom. The normalized spacial score (nSPS) is 26.5. The molecule has 74 valence electrons. The molecular weight excluding hydrogens is 160 g/mol. The second kappa shape index (κ2) is 4.77. The van der Waals surface area contributed by atoms with Gasteiger partial charge in [-0.15, -0.1) is 0 Å². The molecule has 2 fully saturated rings. The van der Waals surface area contributed by atoms with Crippen LogP contribution >= 0.6 is 0 Å². The van der Waals surface area contributed by atoms with Crippen molar-refractivity contribution in [3.63, 3.8) is 0 Å². The fourth-order valence-electron chi connectivity index (χ4n) is 1.78. The summed E-state index contributed by atoms with van der Waals surface area (Å²) in [6, 6.07) is 0. The molecule has 1 N–H and O–H groups in total. The lowest BCUT2D eigenvalue weighted by Crippen LogP contribution is -2.28. The Morgan fingerprint density at radius 2 is 2.15 bits per heavy atom. The van der Waals surface area contributed by atoms with Gasteiger partial charge in [-0.3, -0.25) is 4.90 Å². The maximum atomic E-state index is 3.42. The van der Waals surface area contributed by atoms with E-state index in [2.05, 4.69) is 22.4 Å². The number of hydrogen-bond donors (Lipinski definition) is 1. The fourth-order valence-corrected chi connectivity index (χ4v) is 1.78. The largest absolute Gasteiger partial charge is 0.315 e. The Hall–Kier alpha value is -0.340. The van der Waals surface area contributed by atoms with E-state index >= 15 is 0 Å². The lowest BCUT2D eigenvalue weighted by molar-refractivity contribution is 0.324. The van der Waals surface area contributed by atoms with Crippen molar-refractivity contribution >= 4 is 0 Å². The highest BCUT2D eigenvalue weighted by Crippen LogP contribution is 2.29. The molecule has 2 heteroatoms. The summed E-state index contributed by atoms with van der Waals surface area (Å²) in [6.07, 6.45) is 8.93. The Morgan fingerprint density at radius 1 is 1.23 bits per heavy atom.